The first kappa shape index (κ1) is 20.2. The first-order chi connectivity index (χ1) is 13.0. The zero-order valence-corrected chi connectivity index (χ0v) is 18.7. The normalized spacial score (nSPS) is 50.6. The Morgan fingerprint density at radius 3 is 2.44 bits per heavy atom. The monoisotopic (exact) mass is 374 g/mol. The third-order valence-electron chi connectivity index (χ3n) is 10.9. The molecule has 0 spiro atoms. The maximum absolute atomic E-state index is 9.30. The van der Waals surface area contributed by atoms with Gasteiger partial charge in [0.05, 0.1) is 0 Å². The summed E-state index contributed by atoms with van der Waals surface area (Å²) in [5, 5.41) is 9.30. The number of aliphatic hydroxyl groups excluding tert-OH is 1. The van der Waals surface area contributed by atoms with Gasteiger partial charge >= 0.3 is 0 Å². The van der Waals surface area contributed by atoms with E-state index in [-0.39, 0.29) is 0 Å². The summed E-state index contributed by atoms with van der Waals surface area (Å²) in [6.45, 7) is 10.8. The Hall–Kier alpha value is -0.0400. The second-order valence-electron chi connectivity index (χ2n) is 11.7. The van der Waals surface area contributed by atoms with Crippen molar-refractivity contribution in [2.45, 2.75) is 105 Å². The fraction of sp³-hybridized carbons (Fsp3) is 1.00. The van der Waals surface area contributed by atoms with Crippen molar-refractivity contribution in [3.63, 3.8) is 0 Å². The first-order valence-electron chi connectivity index (χ1n) is 12.6. The van der Waals surface area contributed by atoms with E-state index in [2.05, 4.69) is 27.7 Å². The lowest BCUT2D eigenvalue weighted by molar-refractivity contribution is -0.138. The van der Waals surface area contributed by atoms with E-state index >= 15 is 0 Å². The Morgan fingerprint density at radius 1 is 0.926 bits per heavy atom. The molecule has 0 aromatic heterocycles. The van der Waals surface area contributed by atoms with Gasteiger partial charge in [0.2, 0.25) is 0 Å². The molecule has 0 saturated heterocycles. The van der Waals surface area contributed by atoms with Crippen LogP contribution in [-0.2, 0) is 0 Å². The van der Waals surface area contributed by atoms with Crippen LogP contribution in [0.5, 0.6) is 0 Å². The van der Waals surface area contributed by atoms with Gasteiger partial charge in [0.25, 0.3) is 0 Å². The molecule has 1 unspecified atom stereocenters. The molecule has 0 aliphatic heterocycles. The summed E-state index contributed by atoms with van der Waals surface area (Å²) in [5.41, 5.74) is 1.25. The highest BCUT2D eigenvalue weighted by Gasteiger charge is 2.61. The lowest BCUT2D eigenvalue weighted by Crippen LogP contribution is -2.55. The molecular weight excluding hydrogens is 328 g/mol. The Kier molecular flexibility index (Phi) is 5.74. The largest absolute Gasteiger partial charge is 0.396 e. The minimum atomic E-state index is 0.375. The van der Waals surface area contributed by atoms with E-state index in [9.17, 15) is 5.11 Å². The first-order valence-corrected chi connectivity index (χ1v) is 12.6. The van der Waals surface area contributed by atoms with Crippen LogP contribution in [0.25, 0.3) is 0 Å². The topological polar surface area (TPSA) is 20.2 Å². The SMILES string of the molecule is CC[C@H]1C[C@H]2[C@@H]3CC[C@H]([C@H](C)CCCO)[C@@]3(C)CC[C@@H]2[C@@]2(C)CCCCC12. The molecule has 27 heavy (non-hydrogen) atoms. The summed E-state index contributed by atoms with van der Waals surface area (Å²) in [6.07, 6.45) is 17.2. The van der Waals surface area contributed by atoms with Crippen LogP contribution in [0.3, 0.4) is 0 Å². The second kappa shape index (κ2) is 7.66. The second-order valence-corrected chi connectivity index (χ2v) is 11.7. The number of hydrogen-bond donors (Lipinski definition) is 1. The minimum Gasteiger partial charge on any atom is -0.396 e. The van der Waals surface area contributed by atoms with Gasteiger partial charge in [0, 0.05) is 6.61 Å². The van der Waals surface area contributed by atoms with Crippen molar-refractivity contribution >= 4 is 0 Å². The average molecular weight is 375 g/mol. The van der Waals surface area contributed by atoms with Gasteiger partial charge in [-0.1, -0.05) is 47.0 Å². The highest BCUT2D eigenvalue weighted by molar-refractivity contribution is 5.10. The number of fused-ring (bicyclic) bond motifs is 5. The van der Waals surface area contributed by atoms with Crippen molar-refractivity contribution < 1.29 is 5.11 Å². The maximum Gasteiger partial charge on any atom is 0.0431 e. The molecule has 4 rings (SSSR count). The van der Waals surface area contributed by atoms with Crippen LogP contribution in [0.2, 0.25) is 0 Å². The highest BCUT2D eigenvalue weighted by Crippen LogP contribution is 2.69. The Morgan fingerprint density at radius 2 is 1.70 bits per heavy atom. The third kappa shape index (κ3) is 3.13. The molecule has 0 bridgehead atoms. The molecule has 0 radical (unpaired) electrons. The summed E-state index contributed by atoms with van der Waals surface area (Å²) >= 11 is 0. The molecule has 9 atom stereocenters. The standard InChI is InChI=1S/C26H46O/c1-5-19-17-20-23-12-11-21(18(2)9-8-16-27)26(23,4)15-13-24(20)25(3)14-7-6-10-22(19)25/h18-24,27H,5-17H2,1-4H3/t18-,19+,20+,21-,22?,23+,24+,25+,26-/m1/s1. The predicted molar refractivity (Wildman–Crippen MR) is 114 cm³/mol. The van der Waals surface area contributed by atoms with Gasteiger partial charge in [0.1, 0.15) is 0 Å². The average Bonchev–Trinajstić information content (AvgIpc) is 3.02. The molecule has 4 saturated carbocycles. The van der Waals surface area contributed by atoms with Gasteiger partial charge < -0.3 is 5.11 Å². The summed E-state index contributed by atoms with van der Waals surface area (Å²) in [5.74, 6) is 6.77. The Balaban J connectivity index is 1.58. The van der Waals surface area contributed by atoms with Crippen molar-refractivity contribution in [3.8, 4) is 0 Å². The van der Waals surface area contributed by atoms with Crippen LogP contribution in [0, 0.1) is 52.3 Å². The Bertz CT molecular complexity index is 514. The van der Waals surface area contributed by atoms with E-state index in [4.69, 9.17) is 0 Å². The molecule has 4 fully saturated rings. The molecule has 0 aromatic rings. The summed E-state index contributed by atoms with van der Waals surface area (Å²) in [4.78, 5) is 0. The summed E-state index contributed by atoms with van der Waals surface area (Å²) in [7, 11) is 0. The molecular formula is C26H46O. The summed E-state index contributed by atoms with van der Waals surface area (Å²) < 4.78 is 0. The summed E-state index contributed by atoms with van der Waals surface area (Å²) in [6, 6.07) is 0. The number of rotatable bonds is 5. The number of aliphatic hydroxyl groups is 1. The smallest absolute Gasteiger partial charge is 0.0431 e. The van der Waals surface area contributed by atoms with Gasteiger partial charge in [-0.2, -0.15) is 0 Å². The third-order valence-corrected chi connectivity index (χ3v) is 10.9. The van der Waals surface area contributed by atoms with Crippen LogP contribution in [-0.4, -0.2) is 11.7 Å². The van der Waals surface area contributed by atoms with E-state index in [0.29, 0.717) is 17.4 Å². The van der Waals surface area contributed by atoms with Crippen molar-refractivity contribution in [3.05, 3.63) is 0 Å². The molecule has 1 heteroatoms. The van der Waals surface area contributed by atoms with Crippen LogP contribution < -0.4 is 0 Å². The van der Waals surface area contributed by atoms with E-state index in [1.807, 2.05) is 0 Å². The van der Waals surface area contributed by atoms with Crippen molar-refractivity contribution in [2.24, 2.45) is 52.3 Å². The van der Waals surface area contributed by atoms with E-state index in [1.54, 1.807) is 6.42 Å². The van der Waals surface area contributed by atoms with Crippen LogP contribution in [0.15, 0.2) is 0 Å². The van der Waals surface area contributed by atoms with Crippen LogP contribution in [0.1, 0.15) is 105 Å². The molecule has 1 N–H and O–H groups in total. The van der Waals surface area contributed by atoms with E-state index in [0.717, 1.165) is 47.8 Å². The molecule has 0 aromatic carbocycles. The van der Waals surface area contributed by atoms with E-state index < -0.39 is 0 Å². The van der Waals surface area contributed by atoms with Gasteiger partial charge in [-0.3, -0.25) is 0 Å². The molecule has 0 amide bonds. The van der Waals surface area contributed by atoms with Crippen molar-refractivity contribution in [1.82, 2.24) is 0 Å². The van der Waals surface area contributed by atoms with E-state index in [1.165, 1.54) is 64.2 Å². The van der Waals surface area contributed by atoms with Crippen LogP contribution >= 0.6 is 0 Å². The highest BCUT2D eigenvalue weighted by atomic mass is 16.2. The fourth-order valence-corrected chi connectivity index (χ4v) is 9.61. The van der Waals surface area contributed by atoms with Gasteiger partial charge in [-0.25, -0.2) is 0 Å². The lowest BCUT2D eigenvalue weighted by atomic mass is 9.42. The van der Waals surface area contributed by atoms with Crippen molar-refractivity contribution in [2.75, 3.05) is 6.61 Å². The lowest BCUT2D eigenvalue weighted by Gasteiger charge is -2.63. The molecule has 156 valence electrons. The Labute approximate surface area is 169 Å². The molecule has 1 nitrogen and oxygen atoms in total. The van der Waals surface area contributed by atoms with Crippen molar-refractivity contribution in [1.29, 1.82) is 0 Å². The predicted octanol–water partition coefficient (Wildman–Crippen LogP) is 7.08. The van der Waals surface area contributed by atoms with Crippen LogP contribution in [0.4, 0.5) is 0 Å². The quantitative estimate of drug-likeness (QED) is 0.545. The fourth-order valence-electron chi connectivity index (χ4n) is 9.61. The zero-order chi connectivity index (χ0) is 19.2. The van der Waals surface area contributed by atoms with Gasteiger partial charge in [-0.05, 0) is 110 Å². The molecule has 4 aliphatic rings. The zero-order valence-electron chi connectivity index (χ0n) is 18.7. The van der Waals surface area contributed by atoms with Gasteiger partial charge in [0.15, 0.2) is 0 Å². The minimum absolute atomic E-state index is 0.375. The van der Waals surface area contributed by atoms with Gasteiger partial charge in [-0.15, -0.1) is 0 Å². The maximum atomic E-state index is 9.30. The molecule has 4 aliphatic carbocycles. The number of hydrogen-bond acceptors (Lipinski definition) is 1. The molecule has 0 heterocycles.